The van der Waals surface area contributed by atoms with Crippen molar-refractivity contribution in [3.8, 4) is 0 Å². The van der Waals surface area contributed by atoms with E-state index in [0.29, 0.717) is 18.9 Å². The normalized spacial score (nSPS) is 24.7. The van der Waals surface area contributed by atoms with Crippen molar-refractivity contribution in [3.05, 3.63) is 29.6 Å². The van der Waals surface area contributed by atoms with E-state index in [0.717, 1.165) is 25.3 Å². The second-order valence-electron chi connectivity index (χ2n) is 4.71. The Morgan fingerprint density at radius 3 is 2.56 bits per heavy atom. The van der Waals surface area contributed by atoms with Crippen LogP contribution in [0.4, 0.5) is 18.9 Å². The van der Waals surface area contributed by atoms with Crippen LogP contribution in [0, 0.1) is 17.5 Å². The highest BCUT2D eigenvalue weighted by molar-refractivity contribution is 5.46. The number of halogens is 3. The van der Waals surface area contributed by atoms with Gasteiger partial charge in [0, 0.05) is 12.1 Å². The van der Waals surface area contributed by atoms with Gasteiger partial charge in [0.05, 0.1) is 17.8 Å². The van der Waals surface area contributed by atoms with Gasteiger partial charge in [-0.05, 0) is 12.8 Å². The lowest BCUT2D eigenvalue weighted by atomic mass is 10.1. The van der Waals surface area contributed by atoms with Crippen molar-refractivity contribution in [3.63, 3.8) is 0 Å². The molecule has 1 aliphatic rings. The van der Waals surface area contributed by atoms with Crippen LogP contribution in [0.3, 0.4) is 0 Å². The Hall–Kier alpha value is -1.23. The molecule has 1 saturated carbocycles. The van der Waals surface area contributed by atoms with Gasteiger partial charge in [-0.3, -0.25) is 0 Å². The summed E-state index contributed by atoms with van der Waals surface area (Å²) in [6, 6.07) is 1.06. The van der Waals surface area contributed by atoms with E-state index in [2.05, 4.69) is 5.32 Å². The number of benzene rings is 1. The molecule has 18 heavy (non-hydrogen) atoms. The molecule has 0 spiro atoms. The maximum absolute atomic E-state index is 13.5. The van der Waals surface area contributed by atoms with Gasteiger partial charge in [0.1, 0.15) is 5.82 Å². The van der Waals surface area contributed by atoms with E-state index in [1.807, 2.05) is 0 Å². The van der Waals surface area contributed by atoms with Crippen molar-refractivity contribution < 1.29 is 18.3 Å². The average molecular weight is 259 g/mol. The third kappa shape index (κ3) is 2.96. The van der Waals surface area contributed by atoms with Crippen LogP contribution >= 0.6 is 0 Å². The van der Waals surface area contributed by atoms with Crippen LogP contribution in [-0.2, 0) is 0 Å². The summed E-state index contributed by atoms with van der Waals surface area (Å²) in [7, 11) is 0. The van der Waals surface area contributed by atoms with E-state index in [4.69, 9.17) is 0 Å². The molecule has 0 bridgehead atoms. The molecule has 2 nitrogen and oxygen atoms in total. The first kappa shape index (κ1) is 13.2. The molecule has 1 fully saturated rings. The van der Waals surface area contributed by atoms with E-state index in [9.17, 15) is 18.3 Å². The Kier molecular flexibility index (Phi) is 4.11. The summed E-state index contributed by atoms with van der Waals surface area (Å²) in [5, 5.41) is 12.6. The maximum Gasteiger partial charge on any atom is 0.182 e. The molecule has 1 aromatic carbocycles. The zero-order valence-corrected chi connectivity index (χ0v) is 9.93. The third-order valence-corrected chi connectivity index (χ3v) is 3.31. The Bertz CT molecular complexity index is 425. The first-order valence-electron chi connectivity index (χ1n) is 6.17. The zero-order chi connectivity index (χ0) is 13.1. The largest absolute Gasteiger partial charge is 0.391 e. The van der Waals surface area contributed by atoms with Gasteiger partial charge < -0.3 is 10.4 Å². The van der Waals surface area contributed by atoms with Crippen molar-refractivity contribution in [2.24, 2.45) is 0 Å². The fourth-order valence-corrected chi connectivity index (χ4v) is 2.32. The molecule has 2 N–H and O–H groups in total. The molecule has 2 atom stereocenters. The Morgan fingerprint density at radius 2 is 1.78 bits per heavy atom. The Labute approximate surface area is 104 Å². The highest BCUT2D eigenvalue weighted by Crippen LogP contribution is 2.25. The molecule has 0 radical (unpaired) electrons. The summed E-state index contributed by atoms with van der Waals surface area (Å²) < 4.78 is 39.6. The first-order chi connectivity index (χ1) is 8.58. The van der Waals surface area contributed by atoms with Crippen LogP contribution < -0.4 is 5.32 Å². The molecule has 0 aromatic heterocycles. The first-order valence-corrected chi connectivity index (χ1v) is 6.17. The van der Waals surface area contributed by atoms with Crippen molar-refractivity contribution in [1.82, 2.24) is 0 Å². The average Bonchev–Trinajstić information content (AvgIpc) is 2.51. The van der Waals surface area contributed by atoms with Gasteiger partial charge in [-0.15, -0.1) is 0 Å². The second-order valence-corrected chi connectivity index (χ2v) is 4.71. The lowest BCUT2D eigenvalue weighted by Gasteiger charge is -2.23. The van der Waals surface area contributed by atoms with Crippen LogP contribution in [0.15, 0.2) is 12.1 Å². The minimum Gasteiger partial charge on any atom is -0.391 e. The summed E-state index contributed by atoms with van der Waals surface area (Å²) in [5.74, 6) is -3.16. The topological polar surface area (TPSA) is 32.3 Å². The van der Waals surface area contributed by atoms with E-state index < -0.39 is 23.6 Å². The van der Waals surface area contributed by atoms with Gasteiger partial charge >= 0.3 is 0 Å². The van der Waals surface area contributed by atoms with Gasteiger partial charge in [-0.25, -0.2) is 13.2 Å². The van der Waals surface area contributed by atoms with Crippen molar-refractivity contribution >= 4 is 5.69 Å². The van der Waals surface area contributed by atoms with E-state index in [1.54, 1.807) is 0 Å². The van der Waals surface area contributed by atoms with E-state index in [-0.39, 0.29) is 11.7 Å². The number of hydrogen-bond donors (Lipinski definition) is 2. The summed E-state index contributed by atoms with van der Waals surface area (Å²) >= 11 is 0. The monoisotopic (exact) mass is 259 g/mol. The molecule has 0 saturated heterocycles. The quantitative estimate of drug-likeness (QED) is 0.631. The Balaban J connectivity index is 2.17. The number of hydrogen-bond acceptors (Lipinski definition) is 2. The predicted molar refractivity (Wildman–Crippen MR) is 62.8 cm³/mol. The third-order valence-electron chi connectivity index (χ3n) is 3.31. The molecule has 1 aliphatic carbocycles. The summed E-state index contributed by atoms with van der Waals surface area (Å²) in [5.41, 5.74) is -0.224. The van der Waals surface area contributed by atoms with E-state index >= 15 is 0 Å². The predicted octanol–water partition coefficient (Wildman–Crippen LogP) is 3.21. The van der Waals surface area contributed by atoms with Gasteiger partial charge in [-0.1, -0.05) is 19.3 Å². The molecule has 0 aliphatic heterocycles. The van der Waals surface area contributed by atoms with Crippen molar-refractivity contribution in [2.45, 2.75) is 44.2 Å². The number of rotatable bonds is 2. The number of nitrogens with one attached hydrogen (secondary N) is 1. The molecule has 5 heteroatoms. The standard InChI is InChI=1S/C13H16F3NO/c14-8-6-9(15)13(16)11(7-8)17-10-4-2-1-3-5-12(10)18/h6-7,10,12,17-18H,1-5H2. The maximum atomic E-state index is 13.5. The molecule has 1 aromatic rings. The summed E-state index contributed by atoms with van der Waals surface area (Å²) in [4.78, 5) is 0. The zero-order valence-electron chi connectivity index (χ0n) is 9.93. The second kappa shape index (κ2) is 5.61. The lowest BCUT2D eigenvalue weighted by Crippen LogP contribution is -2.32. The highest BCUT2D eigenvalue weighted by Gasteiger charge is 2.23. The molecular weight excluding hydrogens is 243 g/mol. The van der Waals surface area contributed by atoms with Crippen LogP contribution in [0.5, 0.6) is 0 Å². The van der Waals surface area contributed by atoms with Gasteiger partial charge in [0.2, 0.25) is 0 Å². The summed E-state index contributed by atoms with van der Waals surface area (Å²) in [6.45, 7) is 0. The van der Waals surface area contributed by atoms with Crippen molar-refractivity contribution in [2.75, 3.05) is 5.32 Å². The number of aliphatic hydroxyl groups excluding tert-OH is 1. The fraction of sp³-hybridized carbons (Fsp3) is 0.538. The minimum absolute atomic E-state index is 0.224. The smallest absolute Gasteiger partial charge is 0.182 e. The van der Waals surface area contributed by atoms with Crippen LogP contribution in [-0.4, -0.2) is 17.3 Å². The highest BCUT2D eigenvalue weighted by atomic mass is 19.2. The fourth-order valence-electron chi connectivity index (χ4n) is 2.32. The molecule has 2 rings (SSSR count). The van der Waals surface area contributed by atoms with E-state index in [1.165, 1.54) is 0 Å². The molecular formula is C13H16F3NO. The van der Waals surface area contributed by atoms with Gasteiger partial charge in [0.25, 0.3) is 0 Å². The number of aliphatic hydroxyl groups is 1. The van der Waals surface area contributed by atoms with Gasteiger partial charge in [-0.2, -0.15) is 0 Å². The SMILES string of the molecule is OC1CCCCCC1Nc1cc(F)cc(F)c1F. The minimum atomic E-state index is -1.22. The van der Waals surface area contributed by atoms with Crippen molar-refractivity contribution in [1.29, 1.82) is 0 Å². The number of anilines is 1. The lowest BCUT2D eigenvalue weighted by molar-refractivity contribution is 0.144. The summed E-state index contributed by atoms with van der Waals surface area (Å²) in [6.07, 6.45) is 3.51. The van der Waals surface area contributed by atoms with Crippen LogP contribution in [0.1, 0.15) is 32.1 Å². The molecule has 0 amide bonds. The Morgan fingerprint density at radius 1 is 1.06 bits per heavy atom. The van der Waals surface area contributed by atoms with Crippen LogP contribution in [0.2, 0.25) is 0 Å². The van der Waals surface area contributed by atoms with Crippen LogP contribution in [0.25, 0.3) is 0 Å². The molecule has 100 valence electrons. The molecule has 0 heterocycles. The molecule has 2 unspecified atom stereocenters. The van der Waals surface area contributed by atoms with Gasteiger partial charge in [0.15, 0.2) is 11.6 Å².